The molecule has 0 radical (unpaired) electrons. The van der Waals surface area contributed by atoms with Crippen LogP contribution in [0.15, 0.2) is 24.3 Å². The molecule has 0 heteroatoms. The molecule has 0 aromatic rings. The topological polar surface area (TPSA) is 0 Å². The van der Waals surface area contributed by atoms with Gasteiger partial charge in [0.1, 0.15) is 0 Å². The molecule has 0 aromatic heterocycles. The van der Waals surface area contributed by atoms with Crippen LogP contribution in [0.3, 0.4) is 0 Å². The monoisotopic (exact) mass is 274 g/mol. The SMILES string of the molecule is C1=C/CCCC(C2CCC/C=C/CCCC2)CCCC/1. The van der Waals surface area contributed by atoms with Crippen LogP contribution in [0.4, 0.5) is 0 Å². The zero-order valence-corrected chi connectivity index (χ0v) is 13.4. The van der Waals surface area contributed by atoms with Crippen LogP contribution in [0.25, 0.3) is 0 Å². The second-order valence-electron chi connectivity index (χ2n) is 6.89. The van der Waals surface area contributed by atoms with E-state index in [-0.39, 0.29) is 0 Å². The molecule has 0 spiro atoms. The van der Waals surface area contributed by atoms with Gasteiger partial charge < -0.3 is 0 Å². The van der Waals surface area contributed by atoms with E-state index >= 15 is 0 Å². The second-order valence-corrected chi connectivity index (χ2v) is 6.89. The van der Waals surface area contributed by atoms with Crippen molar-refractivity contribution in [3.05, 3.63) is 24.3 Å². The van der Waals surface area contributed by atoms with Crippen LogP contribution in [-0.2, 0) is 0 Å². The lowest BCUT2D eigenvalue weighted by atomic mass is 9.78. The van der Waals surface area contributed by atoms with Gasteiger partial charge in [0, 0.05) is 0 Å². The van der Waals surface area contributed by atoms with Gasteiger partial charge in [-0.2, -0.15) is 0 Å². The minimum absolute atomic E-state index is 1.03. The highest BCUT2D eigenvalue weighted by molar-refractivity contribution is 4.85. The minimum atomic E-state index is 1.03. The van der Waals surface area contributed by atoms with Crippen molar-refractivity contribution in [3.8, 4) is 0 Å². The summed E-state index contributed by atoms with van der Waals surface area (Å²) in [6, 6.07) is 0. The first-order valence-corrected chi connectivity index (χ1v) is 9.27. The Kier molecular flexibility index (Phi) is 8.12. The van der Waals surface area contributed by atoms with Crippen molar-refractivity contribution in [2.75, 3.05) is 0 Å². The van der Waals surface area contributed by atoms with Crippen molar-refractivity contribution in [2.24, 2.45) is 11.8 Å². The average molecular weight is 274 g/mol. The van der Waals surface area contributed by atoms with E-state index in [1.165, 1.54) is 89.9 Å². The van der Waals surface area contributed by atoms with Crippen LogP contribution >= 0.6 is 0 Å². The van der Waals surface area contributed by atoms with Gasteiger partial charge in [-0.05, 0) is 76.0 Å². The van der Waals surface area contributed by atoms with Gasteiger partial charge in [0.05, 0.1) is 0 Å². The van der Waals surface area contributed by atoms with Gasteiger partial charge in [0.2, 0.25) is 0 Å². The molecule has 0 saturated carbocycles. The predicted molar refractivity (Wildman–Crippen MR) is 89.9 cm³/mol. The number of allylic oxidation sites excluding steroid dienone is 4. The second kappa shape index (κ2) is 10.2. The molecule has 0 N–H and O–H groups in total. The Morgan fingerprint density at radius 1 is 0.400 bits per heavy atom. The van der Waals surface area contributed by atoms with Crippen LogP contribution < -0.4 is 0 Å². The molecule has 0 aromatic carbocycles. The largest absolute Gasteiger partial charge is 0.0885 e. The maximum atomic E-state index is 2.43. The van der Waals surface area contributed by atoms with Crippen LogP contribution in [-0.4, -0.2) is 0 Å². The molecule has 2 rings (SSSR count). The minimum Gasteiger partial charge on any atom is -0.0885 e. The molecule has 0 bridgehead atoms. The molecule has 2 atom stereocenters. The van der Waals surface area contributed by atoms with Gasteiger partial charge >= 0.3 is 0 Å². The molecule has 0 heterocycles. The molecular formula is C20H34. The lowest BCUT2D eigenvalue weighted by Gasteiger charge is -2.28. The van der Waals surface area contributed by atoms with E-state index in [1.807, 2.05) is 0 Å². The summed E-state index contributed by atoms with van der Waals surface area (Å²) in [6.45, 7) is 0. The zero-order chi connectivity index (χ0) is 13.9. The maximum absolute atomic E-state index is 2.43. The van der Waals surface area contributed by atoms with Gasteiger partial charge in [-0.1, -0.05) is 50.0 Å². The lowest BCUT2D eigenvalue weighted by Crippen LogP contribution is -2.16. The molecule has 0 nitrogen and oxygen atoms in total. The van der Waals surface area contributed by atoms with Crippen LogP contribution in [0.1, 0.15) is 89.9 Å². The fourth-order valence-corrected chi connectivity index (χ4v) is 4.04. The van der Waals surface area contributed by atoms with E-state index in [1.54, 1.807) is 0 Å². The molecule has 0 amide bonds. The standard InChI is InChI=1S/C20H34/c1-3-7-11-15-19(16-12-8-4-1)20-17-13-9-5-2-6-10-14-18-20/h1-3,5,19-20H,4,6-18H2/b3-1+,5-2+. The van der Waals surface area contributed by atoms with Crippen molar-refractivity contribution < 1.29 is 0 Å². The Morgan fingerprint density at radius 2 is 0.750 bits per heavy atom. The Hall–Kier alpha value is -0.520. The molecule has 0 saturated heterocycles. The Labute approximate surface area is 126 Å². The third kappa shape index (κ3) is 6.29. The molecule has 2 aliphatic carbocycles. The Balaban J connectivity index is 1.86. The summed E-state index contributed by atoms with van der Waals surface area (Å²) >= 11 is 0. The van der Waals surface area contributed by atoms with Crippen molar-refractivity contribution in [1.82, 2.24) is 0 Å². The van der Waals surface area contributed by atoms with Crippen LogP contribution in [0.5, 0.6) is 0 Å². The maximum Gasteiger partial charge on any atom is -0.0351 e. The van der Waals surface area contributed by atoms with Gasteiger partial charge in [0.25, 0.3) is 0 Å². The van der Waals surface area contributed by atoms with Crippen molar-refractivity contribution >= 4 is 0 Å². The van der Waals surface area contributed by atoms with E-state index in [0.717, 1.165) is 11.8 Å². The first-order valence-electron chi connectivity index (χ1n) is 9.27. The molecule has 114 valence electrons. The van der Waals surface area contributed by atoms with Crippen molar-refractivity contribution in [3.63, 3.8) is 0 Å². The average Bonchev–Trinajstić information content (AvgIpc) is 2.50. The summed E-state index contributed by atoms with van der Waals surface area (Å²) in [5.74, 6) is 2.06. The highest BCUT2D eigenvalue weighted by Crippen LogP contribution is 2.33. The van der Waals surface area contributed by atoms with E-state index in [0.29, 0.717) is 0 Å². The fraction of sp³-hybridized carbons (Fsp3) is 0.800. The highest BCUT2D eigenvalue weighted by atomic mass is 14.3. The fourth-order valence-electron chi connectivity index (χ4n) is 4.04. The summed E-state index contributed by atoms with van der Waals surface area (Å²) in [6.07, 6.45) is 29.6. The third-order valence-corrected chi connectivity index (χ3v) is 5.28. The lowest BCUT2D eigenvalue weighted by molar-refractivity contribution is 0.242. The number of rotatable bonds is 1. The van der Waals surface area contributed by atoms with Gasteiger partial charge in [-0.15, -0.1) is 0 Å². The first-order chi connectivity index (χ1) is 9.97. The van der Waals surface area contributed by atoms with E-state index in [9.17, 15) is 0 Å². The summed E-state index contributed by atoms with van der Waals surface area (Å²) in [5.41, 5.74) is 0. The van der Waals surface area contributed by atoms with E-state index in [4.69, 9.17) is 0 Å². The van der Waals surface area contributed by atoms with Gasteiger partial charge in [-0.25, -0.2) is 0 Å². The molecule has 0 fully saturated rings. The van der Waals surface area contributed by atoms with Crippen molar-refractivity contribution in [2.45, 2.75) is 89.9 Å². The smallest absolute Gasteiger partial charge is 0.0351 e. The summed E-state index contributed by atoms with van der Waals surface area (Å²) in [5, 5.41) is 0. The van der Waals surface area contributed by atoms with Crippen LogP contribution in [0.2, 0.25) is 0 Å². The molecule has 20 heavy (non-hydrogen) atoms. The molecule has 2 unspecified atom stereocenters. The third-order valence-electron chi connectivity index (χ3n) is 5.28. The number of hydrogen-bond donors (Lipinski definition) is 0. The quantitative estimate of drug-likeness (QED) is 0.460. The summed E-state index contributed by atoms with van der Waals surface area (Å²) in [7, 11) is 0. The highest BCUT2D eigenvalue weighted by Gasteiger charge is 2.20. The van der Waals surface area contributed by atoms with Crippen molar-refractivity contribution in [1.29, 1.82) is 0 Å². The normalized spacial score (nSPS) is 34.0. The van der Waals surface area contributed by atoms with E-state index < -0.39 is 0 Å². The van der Waals surface area contributed by atoms with Gasteiger partial charge in [-0.3, -0.25) is 0 Å². The molecular weight excluding hydrogens is 240 g/mol. The number of hydrogen-bond acceptors (Lipinski definition) is 0. The predicted octanol–water partition coefficient (Wildman–Crippen LogP) is 6.82. The zero-order valence-electron chi connectivity index (χ0n) is 13.4. The molecule has 0 aliphatic heterocycles. The molecule has 2 aliphatic rings. The van der Waals surface area contributed by atoms with Gasteiger partial charge in [0.15, 0.2) is 0 Å². The Morgan fingerprint density at radius 3 is 1.20 bits per heavy atom. The first kappa shape index (κ1) is 15.9. The van der Waals surface area contributed by atoms with E-state index in [2.05, 4.69) is 24.3 Å². The summed E-state index contributed by atoms with van der Waals surface area (Å²) in [4.78, 5) is 0. The van der Waals surface area contributed by atoms with Crippen LogP contribution in [0, 0.1) is 11.8 Å². The summed E-state index contributed by atoms with van der Waals surface area (Å²) < 4.78 is 0. The Bertz CT molecular complexity index is 256.